The van der Waals surface area contributed by atoms with Gasteiger partial charge >= 0.3 is 0 Å². The number of carbonyl (C=O) groups is 1. The second kappa shape index (κ2) is 6.08. The molecule has 0 unspecified atom stereocenters. The van der Waals surface area contributed by atoms with Crippen LogP contribution in [0.3, 0.4) is 0 Å². The van der Waals surface area contributed by atoms with Crippen LogP contribution in [0, 0.1) is 5.82 Å². The first-order chi connectivity index (χ1) is 9.42. The fourth-order valence-corrected chi connectivity index (χ4v) is 3.02. The predicted octanol–water partition coefficient (Wildman–Crippen LogP) is 1.19. The Morgan fingerprint density at radius 1 is 1.33 bits per heavy atom. The van der Waals surface area contributed by atoms with Gasteiger partial charge in [0.1, 0.15) is 10.7 Å². The lowest BCUT2D eigenvalue weighted by atomic mass is 10.1. The van der Waals surface area contributed by atoms with Gasteiger partial charge in [0.05, 0.1) is 6.04 Å². The molecule has 1 aromatic carbocycles. The second-order valence-electron chi connectivity index (χ2n) is 5.78. The van der Waals surface area contributed by atoms with Gasteiger partial charge in [0.15, 0.2) is 0 Å². The summed E-state index contributed by atoms with van der Waals surface area (Å²) in [7, 11) is -4.03. The van der Waals surface area contributed by atoms with Crippen LogP contribution in [0.2, 0.25) is 0 Å². The van der Waals surface area contributed by atoms with Crippen LogP contribution in [0.4, 0.5) is 10.1 Å². The van der Waals surface area contributed by atoms with E-state index in [1.54, 1.807) is 20.8 Å². The molecule has 6 nitrogen and oxygen atoms in total. The monoisotopic (exact) mass is 317 g/mol. The van der Waals surface area contributed by atoms with E-state index < -0.39 is 38.2 Å². The number of anilines is 1. The van der Waals surface area contributed by atoms with Gasteiger partial charge in [0.2, 0.25) is 15.9 Å². The van der Waals surface area contributed by atoms with E-state index in [0.717, 1.165) is 12.1 Å². The van der Waals surface area contributed by atoms with Crippen LogP contribution in [-0.2, 0) is 14.8 Å². The molecular formula is C13H20FN3O3S. The van der Waals surface area contributed by atoms with E-state index in [1.165, 1.54) is 13.0 Å². The number of amides is 1. The summed E-state index contributed by atoms with van der Waals surface area (Å²) in [4.78, 5) is 11.0. The molecule has 1 amide bonds. The lowest BCUT2D eigenvalue weighted by Gasteiger charge is -2.21. The molecule has 0 bridgehead atoms. The van der Waals surface area contributed by atoms with Crippen molar-refractivity contribution in [2.75, 3.05) is 5.32 Å². The van der Waals surface area contributed by atoms with Gasteiger partial charge in [0.25, 0.3) is 0 Å². The van der Waals surface area contributed by atoms with E-state index in [0.29, 0.717) is 0 Å². The fourth-order valence-electron chi connectivity index (χ4n) is 1.50. The number of hydrogen-bond donors (Lipinski definition) is 3. The van der Waals surface area contributed by atoms with Crippen LogP contribution < -0.4 is 15.8 Å². The molecule has 4 N–H and O–H groups in total. The van der Waals surface area contributed by atoms with Crippen LogP contribution >= 0.6 is 0 Å². The van der Waals surface area contributed by atoms with Crippen molar-refractivity contribution in [3.8, 4) is 0 Å². The van der Waals surface area contributed by atoms with Crippen molar-refractivity contribution < 1.29 is 17.6 Å². The van der Waals surface area contributed by atoms with Crippen molar-refractivity contribution in [3.05, 3.63) is 24.0 Å². The van der Waals surface area contributed by atoms with Crippen molar-refractivity contribution in [1.29, 1.82) is 0 Å². The van der Waals surface area contributed by atoms with Gasteiger partial charge in [-0.2, -0.15) is 0 Å². The molecule has 1 rings (SSSR count). The van der Waals surface area contributed by atoms with E-state index in [1.807, 2.05) is 0 Å². The zero-order valence-electron chi connectivity index (χ0n) is 12.4. The van der Waals surface area contributed by atoms with Gasteiger partial charge in [-0.05, 0) is 45.9 Å². The van der Waals surface area contributed by atoms with Gasteiger partial charge in [-0.3, -0.25) is 4.79 Å². The molecule has 0 aliphatic carbocycles. The normalized spacial score (nSPS) is 13.8. The Labute approximate surface area is 124 Å². The third-order valence-corrected chi connectivity index (χ3v) is 4.12. The minimum atomic E-state index is -4.03. The number of hydrogen-bond acceptors (Lipinski definition) is 4. The molecule has 0 saturated carbocycles. The maximum Gasteiger partial charge on any atom is 0.244 e. The third kappa shape index (κ3) is 5.07. The lowest BCUT2D eigenvalue weighted by Crippen LogP contribution is -2.40. The molecule has 0 aliphatic rings. The molecule has 0 heterocycles. The van der Waals surface area contributed by atoms with Crippen LogP contribution in [0.1, 0.15) is 27.7 Å². The molecule has 0 aromatic heterocycles. The topological polar surface area (TPSA) is 101 Å². The highest BCUT2D eigenvalue weighted by molar-refractivity contribution is 7.89. The summed E-state index contributed by atoms with van der Waals surface area (Å²) in [5.74, 6) is -1.39. The smallest absolute Gasteiger partial charge is 0.244 e. The Kier molecular flexibility index (Phi) is 5.08. The molecule has 8 heteroatoms. The highest BCUT2D eigenvalue weighted by Crippen LogP contribution is 2.21. The van der Waals surface area contributed by atoms with Gasteiger partial charge in [0, 0.05) is 11.2 Å². The standard InChI is InChI=1S/C13H20FN3O3S/c1-8(15)12(18)16-9-5-6-10(14)11(7-9)21(19,20)17-13(2,3)4/h5-8,17H,15H2,1-4H3,(H,16,18)/t8-/m0/s1. The zero-order valence-corrected chi connectivity index (χ0v) is 13.2. The summed E-state index contributed by atoms with van der Waals surface area (Å²) in [6.45, 7) is 6.41. The SMILES string of the molecule is C[C@H](N)C(=O)Nc1ccc(F)c(S(=O)(=O)NC(C)(C)C)c1. The first-order valence-corrected chi connectivity index (χ1v) is 7.81. The number of carbonyl (C=O) groups excluding carboxylic acids is 1. The minimum Gasteiger partial charge on any atom is -0.325 e. The predicted molar refractivity (Wildman–Crippen MR) is 78.8 cm³/mol. The molecule has 118 valence electrons. The summed E-state index contributed by atoms with van der Waals surface area (Å²) < 4.78 is 40.4. The van der Waals surface area contributed by atoms with Crippen LogP contribution in [0.5, 0.6) is 0 Å². The first-order valence-electron chi connectivity index (χ1n) is 6.32. The average Bonchev–Trinajstić information content (AvgIpc) is 2.28. The molecule has 0 saturated heterocycles. The minimum absolute atomic E-state index is 0.160. The van der Waals surface area contributed by atoms with Crippen molar-refractivity contribution in [3.63, 3.8) is 0 Å². The first kappa shape index (κ1) is 17.5. The molecule has 1 atom stereocenters. The Balaban J connectivity index is 3.16. The Bertz CT molecular complexity index is 637. The molecule has 0 spiro atoms. The summed E-state index contributed by atoms with van der Waals surface area (Å²) in [6.07, 6.45) is 0. The van der Waals surface area contributed by atoms with E-state index in [9.17, 15) is 17.6 Å². The Morgan fingerprint density at radius 3 is 2.38 bits per heavy atom. The van der Waals surface area contributed by atoms with Crippen molar-refractivity contribution in [2.24, 2.45) is 5.73 Å². The van der Waals surface area contributed by atoms with Gasteiger partial charge in [-0.1, -0.05) is 0 Å². The number of halogens is 1. The fraction of sp³-hybridized carbons (Fsp3) is 0.462. The number of benzene rings is 1. The maximum atomic E-state index is 13.8. The quantitative estimate of drug-likeness (QED) is 0.776. The number of rotatable bonds is 4. The third-order valence-electron chi connectivity index (χ3n) is 2.34. The van der Waals surface area contributed by atoms with E-state index in [4.69, 9.17) is 5.73 Å². The summed E-state index contributed by atoms with van der Waals surface area (Å²) in [5, 5.41) is 2.42. The molecular weight excluding hydrogens is 297 g/mol. The van der Waals surface area contributed by atoms with Gasteiger partial charge in [-0.15, -0.1) is 0 Å². The zero-order chi connectivity index (χ0) is 16.4. The molecule has 0 fully saturated rings. The van der Waals surface area contributed by atoms with Crippen LogP contribution in [0.15, 0.2) is 23.1 Å². The van der Waals surface area contributed by atoms with Crippen molar-refractivity contribution >= 4 is 21.6 Å². The van der Waals surface area contributed by atoms with E-state index in [2.05, 4.69) is 10.0 Å². The lowest BCUT2D eigenvalue weighted by molar-refractivity contribution is -0.117. The van der Waals surface area contributed by atoms with Crippen molar-refractivity contribution in [1.82, 2.24) is 4.72 Å². The Morgan fingerprint density at radius 2 is 1.90 bits per heavy atom. The molecule has 21 heavy (non-hydrogen) atoms. The van der Waals surface area contributed by atoms with Gasteiger partial charge < -0.3 is 11.1 Å². The summed E-state index contributed by atoms with van der Waals surface area (Å²) in [5.41, 5.74) is 4.81. The van der Waals surface area contributed by atoms with E-state index >= 15 is 0 Å². The summed E-state index contributed by atoms with van der Waals surface area (Å²) >= 11 is 0. The second-order valence-corrected chi connectivity index (χ2v) is 7.43. The largest absolute Gasteiger partial charge is 0.325 e. The molecule has 0 radical (unpaired) electrons. The Hall–Kier alpha value is -1.51. The highest BCUT2D eigenvalue weighted by atomic mass is 32.2. The van der Waals surface area contributed by atoms with Crippen molar-refractivity contribution in [2.45, 2.75) is 44.2 Å². The number of sulfonamides is 1. The van der Waals surface area contributed by atoms with E-state index in [-0.39, 0.29) is 5.69 Å². The van der Waals surface area contributed by atoms with Gasteiger partial charge in [-0.25, -0.2) is 17.5 Å². The van der Waals surface area contributed by atoms with Crippen LogP contribution in [-0.4, -0.2) is 25.9 Å². The molecule has 0 aliphatic heterocycles. The summed E-state index contributed by atoms with van der Waals surface area (Å²) in [6, 6.07) is 2.55. The maximum absolute atomic E-state index is 13.8. The number of nitrogens with one attached hydrogen (secondary N) is 2. The number of nitrogens with two attached hydrogens (primary N) is 1. The van der Waals surface area contributed by atoms with Crippen LogP contribution in [0.25, 0.3) is 0 Å². The average molecular weight is 317 g/mol. The highest BCUT2D eigenvalue weighted by Gasteiger charge is 2.25. The molecule has 1 aromatic rings.